The zero-order chi connectivity index (χ0) is 19.6. The van der Waals surface area contributed by atoms with Crippen LogP contribution in [0.1, 0.15) is 22.3 Å². The van der Waals surface area contributed by atoms with Gasteiger partial charge in [0.1, 0.15) is 5.75 Å². The first-order valence-corrected chi connectivity index (χ1v) is 8.20. The number of amides is 2. The first-order chi connectivity index (χ1) is 12.8. The van der Waals surface area contributed by atoms with E-state index in [1.807, 2.05) is 0 Å². The van der Waals surface area contributed by atoms with E-state index in [-0.39, 0.29) is 24.4 Å². The minimum absolute atomic E-state index is 0.110. The van der Waals surface area contributed by atoms with Gasteiger partial charge in [0, 0.05) is 24.2 Å². The van der Waals surface area contributed by atoms with Gasteiger partial charge in [-0.25, -0.2) is 0 Å². The lowest BCUT2D eigenvalue weighted by atomic mass is 10.1. The van der Waals surface area contributed by atoms with Crippen molar-refractivity contribution in [3.05, 3.63) is 59.7 Å². The van der Waals surface area contributed by atoms with Gasteiger partial charge in [-0.1, -0.05) is 0 Å². The molecule has 0 saturated carbocycles. The monoisotopic (exact) mass is 378 g/mol. The quantitative estimate of drug-likeness (QED) is 0.889. The Kier molecular flexibility index (Phi) is 5.07. The summed E-state index contributed by atoms with van der Waals surface area (Å²) in [6, 6.07) is 10.5. The van der Waals surface area contributed by atoms with Gasteiger partial charge in [-0.05, 0) is 48.5 Å². The van der Waals surface area contributed by atoms with Crippen molar-refractivity contribution in [1.82, 2.24) is 5.32 Å². The largest absolute Gasteiger partial charge is 0.497 e. The lowest BCUT2D eigenvalue weighted by Gasteiger charge is -2.17. The second-order valence-corrected chi connectivity index (χ2v) is 6.15. The van der Waals surface area contributed by atoms with Crippen molar-refractivity contribution in [3.8, 4) is 5.75 Å². The average molecular weight is 378 g/mol. The topological polar surface area (TPSA) is 58.6 Å². The molecule has 1 heterocycles. The molecule has 27 heavy (non-hydrogen) atoms. The van der Waals surface area contributed by atoms with E-state index in [2.05, 4.69) is 5.32 Å². The van der Waals surface area contributed by atoms with E-state index in [9.17, 15) is 22.8 Å². The normalized spacial score (nSPS) is 17.1. The van der Waals surface area contributed by atoms with Crippen LogP contribution in [-0.2, 0) is 11.0 Å². The van der Waals surface area contributed by atoms with E-state index in [0.717, 1.165) is 24.3 Å². The summed E-state index contributed by atoms with van der Waals surface area (Å²) in [6.45, 7) is 0.289. The molecule has 0 bridgehead atoms. The van der Waals surface area contributed by atoms with Crippen LogP contribution < -0.4 is 15.0 Å². The molecule has 142 valence electrons. The second-order valence-electron chi connectivity index (χ2n) is 6.15. The standard InChI is InChI=1S/C19H17F3N2O3/c1-27-16-8-6-15(7-9-16)24-11-14(10-17(24)25)23-18(26)12-2-4-13(5-3-12)19(20,21)22/h2-9,14H,10-11H2,1H3,(H,23,26)/t14-/m0/s1. The predicted octanol–water partition coefficient (Wildman–Crippen LogP) is 3.25. The molecule has 1 aliphatic rings. The van der Waals surface area contributed by atoms with Crippen molar-refractivity contribution < 1.29 is 27.5 Å². The molecule has 2 amide bonds. The molecule has 1 atom stereocenters. The van der Waals surface area contributed by atoms with Gasteiger partial charge in [-0.3, -0.25) is 9.59 Å². The molecule has 0 aliphatic carbocycles. The molecule has 1 N–H and O–H groups in total. The minimum Gasteiger partial charge on any atom is -0.497 e. The molecule has 2 aromatic rings. The molecule has 1 aliphatic heterocycles. The number of rotatable bonds is 4. The van der Waals surface area contributed by atoms with E-state index in [1.54, 1.807) is 36.3 Å². The van der Waals surface area contributed by atoms with Gasteiger partial charge in [0.25, 0.3) is 5.91 Å². The van der Waals surface area contributed by atoms with Crippen LogP contribution in [0.4, 0.5) is 18.9 Å². The number of methoxy groups -OCH3 is 1. The zero-order valence-electron chi connectivity index (χ0n) is 14.4. The van der Waals surface area contributed by atoms with E-state index in [4.69, 9.17) is 4.74 Å². The highest BCUT2D eigenvalue weighted by Crippen LogP contribution is 2.29. The predicted molar refractivity (Wildman–Crippen MR) is 92.7 cm³/mol. The number of ether oxygens (including phenoxy) is 1. The Morgan fingerprint density at radius 2 is 1.74 bits per heavy atom. The van der Waals surface area contributed by atoms with Crippen LogP contribution in [0, 0.1) is 0 Å². The fraction of sp³-hybridized carbons (Fsp3) is 0.263. The van der Waals surface area contributed by atoms with Gasteiger partial charge < -0.3 is 15.0 Å². The van der Waals surface area contributed by atoms with Crippen molar-refractivity contribution in [2.75, 3.05) is 18.6 Å². The Hall–Kier alpha value is -3.03. The van der Waals surface area contributed by atoms with Crippen molar-refractivity contribution in [3.63, 3.8) is 0 Å². The Labute approximate surface area is 153 Å². The summed E-state index contributed by atoms with van der Waals surface area (Å²) in [5, 5.41) is 2.70. The summed E-state index contributed by atoms with van der Waals surface area (Å²) >= 11 is 0. The zero-order valence-corrected chi connectivity index (χ0v) is 14.4. The first-order valence-electron chi connectivity index (χ1n) is 8.20. The summed E-state index contributed by atoms with van der Waals surface area (Å²) in [6.07, 6.45) is -4.33. The number of halogens is 3. The van der Waals surface area contributed by atoms with Gasteiger partial charge in [0.05, 0.1) is 18.7 Å². The van der Waals surface area contributed by atoms with Gasteiger partial charge in [0.15, 0.2) is 0 Å². The highest BCUT2D eigenvalue weighted by Gasteiger charge is 2.33. The lowest BCUT2D eigenvalue weighted by Crippen LogP contribution is -2.37. The first kappa shape index (κ1) is 18.8. The van der Waals surface area contributed by atoms with Gasteiger partial charge in [-0.15, -0.1) is 0 Å². The number of carbonyl (C=O) groups is 2. The maximum Gasteiger partial charge on any atom is 0.416 e. The summed E-state index contributed by atoms with van der Waals surface area (Å²) < 4.78 is 42.9. The van der Waals surface area contributed by atoms with Crippen LogP contribution in [0.15, 0.2) is 48.5 Å². The molecule has 2 aromatic carbocycles. The third-order valence-electron chi connectivity index (χ3n) is 4.32. The molecule has 1 saturated heterocycles. The SMILES string of the molecule is COc1ccc(N2C[C@@H](NC(=O)c3ccc(C(F)(F)F)cc3)CC2=O)cc1. The van der Waals surface area contributed by atoms with Crippen LogP contribution in [0.2, 0.25) is 0 Å². The smallest absolute Gasteiger partial charge is 0.416 e. The fourth-order valence-electron chi connectivity index (χ4n) is 2.90. The molecule has 0 spiro atoms. The van der Waals surface area contributed by atoms with Crippen LogP contribution in [0.3, 0.4) is 0 Å². The Morgan fingerprint density at radius 3 is 2.30 bits per heavy atom. The second kappa shape index (κ2) is 7.30. The number of nitrogens with one attached hydrogen (secondary N) is 1. The summed E-state index contributed by atoms with van der Waals surface area (Å²) in [7, 11) is 1.54. The number of hydrogen-bond donors (Lipinski definition) is 1. The van der Waals surface area contributed by atoms with E-state index in [1.165, 1.54) is 0 Å². The highest BCUT2D eigenvalue weighted by atomic mass is 19.4. The number of benzene rings is 2. The van der Waals surface area contributed by atoms with Crippen LogP contribution in [0.25, 0.3) is 0 Å². The van der Waals surface area contributed by atoms with Crippen LogP contribution in [0.5, 0.6) is 5.75 Å². The molecular weight excluding hydrogens is 361 g/mol. The van der Waals surface area contributed by atoms with Crippen molar-refractivity contribution in [1.29, 1.82) is 0 Å². The molecular formula is C19H17F3N2O3. The van der Waals surface area contributed by atoms with Crippen molar-refractivity contribution in [2.45, 2.75) is 18.6 Å². The molecule has 1 fully saturated rings. The number of carbonyl (C=O) groups excluding carboxylic acids is 2. The Bertz CT molecular complexity index is 833. The number of anilines is 1. The highest BCUT2D eigenvalue weighted by molar-refractivity contribution is 5.99. The van der Waals surface area contributed by atoms with E-state index < -0.39 is 23.7 Å². The Balaban J connectivity index is 1.64. The average Bonchev–Trinajstić information content (AvgIpc) is 3.01. The molecule has 0 aromatic heterocycles. The summed E-state index contributed by atoms with van der Waals surface area (Å²) in [4.78, 5) is 26.0. The molecule has 3 rings (SSSR count). The van der Waals surface area contributed by atoms with Crippen LogP contribution in [-0.4, -0.2) is 31.5 Å². The van der Waals surface area contributed by atoms with Crippen molar-refractivity contribution in [2.24, 2.45) is 0 Å². The van der Waals surface area contributed by atoms with Crippen LogP contribution >= 0.6 is 0 Å². The third-order valence-corrected chi connectivity index (χ3v) is 4.32. The molecule has 5 nitrogen and oxygen atoms in total. The van der Waals surface area contributed by atoms with Gasteiger partial charge in [0.2, 0.25) is 5.91 Å². The molecule has 8 heteroatoms. The van der Waals surface area contributed by atoms with E-state index in [0.29, 0.717) is 11.4 Å². The maximum atomic E-state index is 12.6. The number of hydrogen-bond acceptors (Lipinski definition) is 3. The van der Waals surface area contributed by atoms with Crippen molar-refractivity contribution >= 4 is 17.5 Å². The Morgan fingerprint density at radius 1 is 1.11 bits per heavy atom. The molecule has 0 unspecified atom stereocenters. The number of alkyl halides is 3. The van der Waals surface area contributed by atoms with Gasteiger partial charge >= 0.3 is 6.18 Å². The number of nitrogens with zero attached hydrogens (tertiary/aromatic N) is 1. The van der Waals surface area contributed by atoms with E-state index >= 15 is 0 Å². The maximum absolute atomic E-state index is 12.6. The summed E-state index contributed by atoms with van der Waals surface area (Å²) in [5.41, 5.74) is -0.0220. The minimum atomic E-state index is -4.45. The summed E-state index contributed by atoms with van der Waals surface area (Å²) in [5.74, 6) is 0.00791. The van der Waals surface area contributed by atoms with Gasteiger partial charge in [-0.2, -0.15) is 13.2 Å². The fourth-order valence-corrected chi connectivity index (χ4v) is 2.90. The molecule has 0 radical (unpaired) electrons. The lowest BCUT2D eigenvalue weighted by molar-refractivity contribution is -0.137. The third kappa shape index (κ3) is 4.21.